The van der Waals surface area contributed by atoms with Crippen LogP contribution in [0.15, 0.2) is 24.3 Å². The molecule has 2 heteroatoms. The molecule has 1 N–H and O–H groups in total. The summed E-state index contributed by atoms with van der Waals surface area (Å²) < 4.78 is 0. The molecule has 0 saturated heterocycles. The van der Waals surface area contributed by atoms with Gasteiger partial charge < -0.3 is 5.32 Å². The average molecular weight is 233 g/mol. The molecule has 1 unspecified atom stereocenters. The molecule has 1 aromatic rings. The molecule has 0 bridgehead atoms. The smallest absolute Gasteiger partial charge is 0.224 e. The minimum absolute atomic E-state index is 0.0938. The number of anilines is 1. The Labute approximate surface area is 104 Å². The Balaban J connectivity index is 2.53. The number of carbonyl (C=O) groups excluding carboxylic acids is 1. The Bertz CT molecular complexity index is 373. The number of rotatable bonds is 3. The van der Waals surface area contributed by atoms with E-state index in [4.69, 9.17) is 0 Å². The van der Waals surface area contributed by atoms with Crippen molar-refractivity contribution < 1.29 is 4.79 Å². The van der Waals surface area contributed by atoms with E-state index >= 15 is 0 Å². The summed E-state index contributed by atoms with van der Waals surface area (Å²) in [4.78, 5) is 11.8. The van der Waals surface area contributed by atoms with E-state index in [2.05, 4.69) is 33.0 Å². The summed E-state index contributed by atoms with van der Waals surface area (Å²) in [6.07, 6.45) is 0.567. The molecule has 0 radical (unpaired) electrons. The summed E-state index contributed by atoms with van der Waals surface area (Å²) in [5.41, 5.74) is 2.25. The lowest BCUT2D eigenvalue weighted by molar-refractivity contribution is -0.117. The van der Waals surface area contributed by atoms with E-state index < -0.39 is 0 Å². The molecule has 0 aromatic heterocycles. The van der Waals surface area contributed by atoms with Crippen molar-refractivity contribution in [1.29, 1.82) is 0 Å². The van der Waals surface area contributed by atoms with Gasteiger partial charge in [0.1, 0.15) is 0 Å². The van der Waals surface area contributed by atoms with Crippen molar-refractivity contribution in [2.75, 3.05) is 5.32 Å². The van der Waals surface area contributed by atoms with Gasteiger partial charge in [-0.05, 0) is 30.4 Å². The van der Waals surface area contributed by atoms with Gasteiger partial charge in [0.15, 0.2) is 0 Å². The fourth-order valence-electron chi connectivity index (χ4n) is 1.43. The van der Waals surface area contributed by atoms with Crippen molar-refractivity contribution in [1.82, 2.24) is 0 Å². The van der Waals surface area contributed by atoms with Crippen molar-refractivity contribution in [2.45, 2.75) is 41.0 Å². The Morgan fingerprint density at radius 3 is 2.24 bits per heavy atom. The molecule has 0 heterocycles. The molecule has 0 spiro atoms. The number of hydrogen-bond donors (Lipinski definition) is 1. The zero-order chi connectivity index (χ0) is 13.1. The summed E-state index contributed by atoms with van der Waals surface area (Å²) in [6.45, 7) is 10.6. The molecular formula is C15H23NO. The molecular weight excluding hydrogens is 210 g/mol. The summed E-state index contributed by atoms with van der Waals surface area (Å²) >= 11 is 0. The number of amides is 1. The zero-order valence-electron chi connectivity index (χ0n) is 11.5. The maximum absolute atomic E-state index is 11.8. The highest BCUT2D eigenvalue weighted by Gasteiger charge is 2.22. The average Bonchev–Trinajstić information content (AvgIpc) is 2.20. The van der Waals surface area contributed by atoms with Crippen molar-refractivity contribution in [3.05, 3.63) is 29.8 Å². The molecule has 17 heavy (non-hydrogen) atoms. The van der Waals surface area contributed by atoms with Crippen molar-refractivity contribution in [2.24, 2.45) is 11.3 Å². The standard InChI is InChI=1S/C15H23NO/c1-11-6-8-13(9-7-11)16-14(17)10-12(2)15(3,4)5/h6-9,12H,10H2,1-5H3,(H,16,17). The Kier molecular flexibility index (Phi) is 4.33. The highest BCUT2D eigenvalue weighted by Crippen LogP contribution is 2.28. The molecule has 1 amide bonds. The van der Waals surface area contributed by atoms with Crippen molar-refractivity contribution in [3.8, 4) is 0 Å². The summed E-state index contributed by atoms with van der Waals surface area (Å²) in [5, 5.41) is 2.93. The highest BCUT2D eigenvalue weighted by atomic mass is 16.1. The van der Waals surface area contributed by atoms with Crippen LogP contribution in [0.3, 0.4) is 0 Å². The molecule has 0 fully saturated rings. The SMILES string of the molecule is Cc1ccc(NC(=O)CC(C)C(C)(C)C)cc1. The van der Waals surface area contributed by atoms with E-state index in [-0.39, 0.29) is 11.3 Å². The molecule has 1 atom stereocenters. The lowest BCUT2D eigenvalue weighted by Crippen LogP contribution is -2.23. The summed E-state index contributed by atoms with van der Waals surface area (Å²) in [6, 6.07) is 7.88. The van der Waals surface area contributed by atoms with E-state index in [9.17, 15) is 4.79 Å². The van der Waals surface area contributed by atoms with Crippen LogP contribution in [0, 0.1) is 18.3 Å². The van der Waals surface area contributed by atoms with Crippen LogP contribution < -0.4 is 5.32 Å². The van der Waals surface area contributed by atoms with Crippen molar-refractivity contribution >= 4 is 11.6 Å². The minimum Gasteiger partial charge on any atom is -0.326 e. The van der Waals surface area contributed by atoms with E-state index in [0.717, 1.165) is 5.69 Å². The second-order valence-corrected chi connectivity index (χ2v) is 5.89. The van der Waals surface area contributed by atoms with Gasteiger partial charge in [0.05, 0.1) is 0 Å². The third kappa shape index (κ3) is 4.59. The van der Waals surface area contributed by atoms with Crippen LogP contribution in [0.4, 0.5) is 5.69 Å². The Hall–Kier alpha value is -1.31. The van der Waals surface area contributed by atoms with Gasteiger partial charge in [-0.1, -0.05) is 45.4 Å². The van der Waals surface area contributed by atoms with E-state index in [1.54, 1.807) is 0 Å². The van der Waals surface area contributed by atoms with Gasteiger partial charge in [-0.15, -0.1) is 0 Å². The van der Waals surface area contributed by atoms with Crippen LogP contribution in [-0.4, -0.2) is 5.91 Å². The third-order valence-corrected chi connectivity index (χ3v) is 3.31. The van der Waals surface area contributed by atoms with Gasteiger partial charge in [-0.25, -0.2) is 0 Å². The normalized spacial score (nSPS) is 13.2. The third-order valence-electron chi connectivity index (χ3n) is 3.31. The number of nitrogens with one attached hydrogen (secondary N) is 1. The van der Waals surface area contributed by atoms with Crippen molar-refractivity contribution in [3.63, 3.8) is 0 Å². The molecule has 0 aliphatic carbocycles. The number of benzene rings is 1. The Morgan fingerprint density at radius 2 is 1.76 bits per heavy atom. The second kappa shape index (κ2) is 5.35. The van der Waals surface area contributed by atoms with Gasteiger partial charge in [-0.3, -0.25) is 4.79 Å². The molecule has 0 aliphatic rings. The first kappa shape index (κ1) is 13.8. The molecule has 1 rings (SSSR count). The minimum atomic E-state index is 0.0938. The van der Waals surface area contributed by atoms with Gasteiger partial charge in [-0.2, -0.15) is 0 Å². The lowest BCUT2D eigenvalue weighted by Gasteiger charge is -2.26. The monoisotopic (exact) mass is 233 g/mol. The van der Waals surface area contributed by atoms with Gasteiger partial charge in [0, 0.05) is 12.1 Å². The van der Waals surface area contributed by atoms with E-state index in [1.807, 2.05) is 31.2 Å². The molecule has 0 aliphatic heterocycles. The highest BCUT2D eigenvalue weighted by molar-refractivity contribution is 5.90. The number of carbonyl (C=O) groups is 1. The summed E-state index contributed by atoms with van der Waals surface area (Å²) in [7, 11) is 0. The predicted molar refractivity (Wildman–Crippen MR) is 73.0 cm³/mol. The maximum atomic E-state index is 11.8. The number of aryl methyl sites for hydroxylation is 1. The first-order valence-corrected chi connectivity index (χ1v) is 6.15. The lowest BCUT2D eigenvalue weighted by atomic mass is 9.80. The van der Waals surface area contributed by atoms with Crippen LogP contribution in [0.2, 0.25) is 0 Å². The molecule has 2 nitrogen and oxygen atoms in total. The maximum Gasteiger partial charge on any atom is 0.224 e. The van der Waals surface area contributed by atoms with Gasteiger partial charge in [0.2, 0.25) is 5.91 Å². The number of hydrogen-bond acceptors (Lipinski definition) is 1. The zero-order valence-corrected chi connectivity index (χ0v) is 11.5. The second-order valence-electron chi connectivity index (χ2n) is 5.89. The van der Waals surface area contributed by atoms with Gasteiger partial charge >= 0.3 is 0 Å². The first-order valence-electron chi connectivity index (χ1n) is 6.15. The van der Waals surface area contributed by atoms with E-state index in [0.29, 0.717) is 12.3 Å². The molecule has 94 valence electrons. The fourth-order valence-corrected chi connectivity index (χ4v) is 1.43. The van der Waals surface area contributed by atoms with Gasteiger partial charge in [0.25, 0.3) is 0 Å². The fraction of sp³-hybridized carbons (Fsp3) is 0.533. The predicted octanol–water partition coefficient (Wildman–Crippen LogP) is 4.01. The first-order chi connectivity index (χ1) is 7.79. The molecule has 0 saturated carbocycles. The Morgan fingerprint density at radius 1 is 1.24 bits per heavy atom. The van der Waals surface area contributed by atoms with Crippen LogP contribution in [0.5, 0.6) is 0 Å². The molecule has 1 aromatic carbocycles. The summed E-state index contributed by atoms with van der Waals surface area (Å²) in [5.74, 6) is 0.462. The topological polar surface area (TPSA) is 29.1 Å². The quantitative estimate of drug-likeness (QED) is 0.839. The van der Waals surface area contributed by atoms with Crippen LogP contribution >= 0.6 is 0 Å². The van der Waals surface area contributed by atoms with Crippen LogP contribution in [0.1, 0.15) is 39.7 Å². The largest absolute Gasteiger partial charge is 0.326 e. The van der Waals surface area contributed by atoms with E-state index in [1.165, 1.54) is 5.56 Å². The van der Waals surface area contributed by atoms with Crippen LogP contribution in [0.25, 0.3) is 0 Å². The van der Waals surface area contributed by atoms with Crippen LogP contribution in [-0.2, 0) is 4.79 Å².